The zero-order chi connectivity index (χ0) is 17.9. The van der Waals surface area contributed by atoms with Gasteiger partial charge in [0.1, 0.15) is 12.1 Å². The molecule has 8 heteroatoms. The lowest BCUT2D eigenvalue weighted by atomic mass is 9.86. The van der Waals surface area contributed by atoms with Crippen LogP contribution in [0.5, 0.6) is 5.88 Å². The average molecular weight is 349 g/mol. The maximum Gasteiger partial charge on any atom is 0.222 e. The van der Waals surface area contributed by atoms with E-state index in [1.165, 1.54) is 6.33 Å². The summed E-state index contributed by atoms with van der Waals surface area (Å²) in [6.45, 7) is 3.74. The highest BCUT2D eigenvalue weighted by atomic mass is 16.5. The van der Waals surface area contributed by atoms with Crippen LogP contribution in [-0.2, 0) is 4.79 Å². The number of aromatic nitrogens is 2. The number of carbonyl (C=O) groups excluding carboxylic acids is 1. The molecule has 2 fully saturated rings. The molecule has 138 valence electrons. The molecule has 1 N–H and O–H groups in total. The number of piperazine rings is 1. The highest BCUT2D eigenvalue weighted by Crippen LogP contribution is 2.33. The third-order valence-electron chi connectivity index (χ3n) is 5.53. The number of nitrogens with zero attached hydrogens (tertiary/aromatic N) is 5. The number of likely N-dealkylation sites (N-methyl/N-ethyl adjacent to an activating group) is 1. The fraction of sp³-hybridized carbons (Fsp3) is 0.706. The summed E-state index contributed by atoms with van der Waals surface area (Å²) in [6.07, 6.45) is 3.76. The Kier molecular flexibility index (Phi) is 5.39. The van der Waals surface area contributed by atoms with Crippen molar-refractivity contribution < 1.29 is 14.6 Å². The van der Waals surface area contributed by atoms with Gasteiger partial charge in [0.15, 0.2) is 0 Å². The van der Waals surface area contributed by atoms with Crippen LogP contribution in [0.1, 0.15) is 19.3 Å². The first-order valence-electron chi connectivity index (χ1n) is 8.79. The molecule has 0 radical (unpaired) electrons. The zero-order valence-corrected chi connectivity index (χ0v) is 15.0. The Hall–Kier alpha value is -1.93. The van der Waals surface area contributed by atoms with Crippen molar-refractivity contribution in [1.82, 2.24) is 19.8 Å². The van der Waals surface area contributed by atoms with Crippen molar-refractivity contribution in [2.45, 2.75) is 24.8 Å². The van der Waals surface area contributed by atoms with Gasteiger partial charge in [-0.3, -0.25) is 9.69 Å². The van der Waals surface area contributed by atoms with Crippen LogP contribution >= 0.6 is 0 Å². The van der Waals surface area contributed by atoms with Gasteiger partial charge < -0.3 is 19.6 Å². The number of aliphatic hydroxyl groups is 1. The number of methoxy groups -OCH3 is 1. The van der Waals surface area contributed by atoms with E-state index in [4.69, 9.17) is 4.74 Å². The van der Waals surface area contributed by atoms with Crippen molar-refractivity contribution in [3.63, 3.8) is 0 Å². The highest BCUT2D eigenvalue weighted by Gasteiger charge is 2.42. The molecule has 1 amide bonds. The first-order chi connectivity index (χ1) is 12.1. The maximum atomic E-state index is 12.3. The molecule has 25 heavy (non-hydrogen) atoms. The number of carbonyl (C=O) groups is 1. The van der Waals surface area contributed by atoms with Crippen LogP contribution in [0.2, 0.25) is 0 Å². The third kappa shape index (κ3) is 3.69. The SMILES string of the molecule is COc1cc(N2CCN(C)[C@]3(CCC(=O)N(CCO)CC3)C2)ncn1. The molecular formula is C17H27N5O3. The highest BCUT2D eigenvalue weighted by molar-refractivity contribution is 5.76. The summed E-state index contributed by atoms with van der Waals surface area (Å²) in [4.78, 5) is 27.2. The summed E-state index contributed by atoms with van der Waals surface area (Å²) in [5.41, 5.74) is -0.0592. The molecule has 1 aromatic rings. The Morgan fingerprint density at radius 3 is 2.88 bits per heavy atom. The first-order valence-corrected chi connectivity index (χ1v) is 8.79. The Morgan fingerprint density at radius 1 is 1.28 bits per heavy atom. The molecule has 3 rings (SSSR count). The predicted molar refractivity (Wildman–Crippen MR) is 93.7 cm³/mol. The molecule has 1 spiro atoms. The van der Waals surface area contributed by atoms with Gasteiger partial charge >= 0.3 is 0 Å². The van der Waals surface area contributed by atoms with E-state index in [2.05, 4.69) is 26.8 Å². The summed E-state index contributed by atoms with van der Waals surface area (Å²) in [5, 5.41) is 9.18. The number of anilines is 1. The van der Waals surface area contributed by atoms with Gasteiger partial charge in [-0.05, 0) is 19.9 Å². The van der Waals surface area contributed by atoms with Crippen LogP contribution in [0.25, 0.3) is 0 Å². The monoisotopic (exact) mass is 349 g/mol. The molecular weight excluding hydrogens is 322 g/mol. The Bertz CT molecular complexity index is 614. The average Bonchev–Trinajstić information content (AvgIpc) is 2.79. The van der Waals surface area contributed by atoms with Gasteiger partial charge in [-0.1, -0.05) is 0 Å². The minimum absolute atomic E-state index is 0.0153. The summed E-state index contributed by atoms with van der Waals surface area (Å²) >= 11 is 0. The Morgan fingerprint density at radius 2 is 2.12 bits per heavy atom. The van der Waals surface area contributed by atoms with E-state index in [-0.39, 0.29) is 18.1 Å². The lowest BCUT2D eigenvalue weighted by molar-refractivity contribution is -0.131. The fourth-order valence-electron chi connectivity index (χ4n) is 3.86. The van der Waals surface area contributed by atoms with Crippen LogP contribution in [0, 0.1) is 0 Å². The van der Waals surface area contributed by atoms with Crippen molar-refractivity contribution >= 4 is 11.7 Å². The standard InChI is InChI=1S/C17H27N5O3/c1-20-7-8-22(14-11-15(25-2)19-13-18-14)12-17(20)4-3-16(24)21(6-5-17)9-10-23/h11,13,23H,3-10,12H2,1-2H3/t17-/m0/s1. The van der Waals surface area contributed by atoms with Crippen LogP contribution in [-0.4, -0.2) is 89.8 Å². The van der Waals surface area contributed by atoms with E-state index in [0.717, 1.165) is 38.3 Å². The molecule has 2 aliphatic rings. The van der Waals surface area contributed by atoms with E-state index in [9.17, 15) is 9.90 Å². The van der Waals surface area contributed by atoms with Crippen molar-refractivity contribution in [2.75, 3.05) is 58.4 Å². The smallest absolute Gasteiger partial charge is 0.222 e. The Balaban J connectivity index is 1.79. The largest absolute Gasteiger partial charge is 0.481 e. The lowest BCUT2D eigenvalue weighted by Gasteiger charge is -2.49. The zero-order valence-electron chi connectivity index (χ0n) is 15.0. The number of aliphatic hydroxyl groups excluding tert-OH is 1. The number of hydrogen-bond donors (Lipinski definition) is 1. The van der Waals surface area contributed by atoms with Gasteiger partial charge in [0.05, 0.1) is 13.7 Å². The summed E-state index contributed by atoms with van der Waals surface area (Å²) in [5.74, 6) is 1.56. The van der Waals surface area contributed by atoms with E-state index >= 15 is 0 Å². The van der Waals surface area contributed by atoms with Crippen molar-refractivity contribution in [2.24, 2.45) is 0 Å². The third-order valence-corrected chi connectivity index (χ3v) is 5.53. The molecule has 0 aliphatic carbocycles. The molecule has 1 aromatic heterocycles. The number of amides is 1. The quantitative estimate of drug-likeness (QED) is 0.818. The molecule has 0 bridgehead atoms. The minimum atomic E-state index is -0.0592. The van der Waals surface area contributed by atoms with Gasteiger partial charge in [0, 0.05) is 50.7 Å². The van der Waals surface area contributed by atoms with Crippen LogP contribution < -0.4 is 9.64 Å². The topological polar surface area (TPSA) is 82.0 Å². The lowest BCUT2D eigenvalue weighted by Crippen LogP contribution is -2.61. The van der Waals surface area contributed by atoms with Gasteiger partial charge in [0.25, 0.3) is 0 Å². The van der Waals surface area contributed by atoms with Gasteiger partial charge in [0.2, 0.25) is 11.8 Å². The molecule has 8 nitrogen and oxygen atoms in total. The minimum Gasteiger partial charge on any atom is -0.481 e. The molecule has 3 heterocycles. The predicted octanol–water partition coefficient (Wildman–Crippen LogP) is -0.0194. The van der Waals surface area contributed by atoms with Crippen LogP contribution in [0.15, 0.2) is 12.4 Å². The molecule has 0 saturated carbocycles. The number of ether oxygens (including phenoxy) is 1. The molecule has 0 unspecified atom stereocenters. The second-order valence-corrected chi connectivity index (χ2v) is 6.84. The number of hydrogen-bond acceptors (Lipinski definition) is 7. The number of rotatable bonds is 4. The van der Waals surface area contributed by atoms with E-state index in [0.29, 0.717) is 25.4 Å². The van der Waals surface area contributed by atoms with Crippen molar-refractivity contribution in [1.29, 1.82) is 0 Å². The summed E-state index contributed by atoms with van der Waals surface area (Å²) in [6, 6.07) is 1.86. The van der Waals surface area contributed by atoms with Gasteiger partial charge in [-0.25, -0.2) is 9.97 Å². The van der Waals surface area contributed by atoms with Crippen molar-refractivity contribution in [3.05, 3.63) is 12.4 Å². The van der Waals surface area contributed by atoms with E-state index in [1.54, 1.807) is 12.0 Å². The van der Waals surface area contributed by atoms with Crippen LogP contribution in [0.4, 0.5) is 5.82 Å². The van der Waals surface area contributed by atoms with Gasteiger partial charge in [-0.15, -0.1) is 0 Å². The molecule has 1 atom stereocenters. The fourth-order valence-corrected chi connectivity index (χ4v) is 3.86. The molecule has 0 aromatic carbocycles. The van der Waals surface area contributed by atoms with E-state index < -0.39 is 0 Å². The summed E-state index contributed by atoms with van der Waals surface area (Å²) in [7, 11) is 3.74. The van der Waals surface area contributed by atoms with Crippen molar-refractivity contribution in [3.8, 4) is 5.88 Å². The number of likely N-dealkylation sites (tertiary alicyclic amines) is 1. The molecule has 2 aliphatic heterocycles. The van der Waals surface area contributed by atoms with Gasteiger partial charge in [-0.2, -0.15) is 0 Å². The second-order valence-electron chi connectivity index (χ2n) is 6.84. The van der Waals surface area contributed by atoms with E-state index in [1.807, 2.05) is 6.07 Å². The maximum absolute atomic E-state index is 12.3. The molecule has 2 saturated heterocycles. The summed E-state index contributed by atoms with van der Waals surface area (Å²) < 4.78 is 5.22. The van der Waals surface area contributed by atoms with Crippen LogP contribution in [0.3, 0.4) is 0 Å². The second kappa shape index (κ2) is 7.53. The first kappa shape index (κ1) is 17.9. The normalized spacial score (nSPS) is 25.3. The Labute approximate surface area is 148 Å². The number of β-amino-alcohol motifs (C(OH)–C–C–N with tert-alkyl or cyclic N) is 1.